The fraction of sp³-hybridized carbons (Fsp3) is 0.385. The van der Waals surface area contributed by atoms with Crippen LogP contribution in [0.5, 0.6) is 0 Å². The Morgan fingerprint density at radius 3 is 2.74 bits per heavy atom. The third-order valence-electron chi connectivity index (χ3n) is 3.01. The van der Waals surface area contributed by atoms with Gasteiger partial charge in [-0.3, -0.25) is 4.79 Å². The van der Waals surface area contributed by atoms with E-state index in [1.54, 1.807) is 24.3 Å². The van der Waals surface area contributed by atoms with Crippen molar-refractivity contribution in [1.82, 2.24) is 5.32 Å². The molecule has 6 nitrogen and oxygen atoms in total. The minimum absolute atomic E-state index is 0.0948. The van der Waals surface area contributed by atoms with Crippen LogP contribution < -0.4 is 10.2 Å². The Balaban J connectivity index is 2.13. The number of aliphatic hydroxyl groups is 1. The number of piperazine rings is 1. The van der Waals surface area contributed by atoms with Gasteiger partial charge in [0.1, 0.15) is 0 Å². The number of esters is 1. The molecule has 1 amide bonds. The van der Waals surface area contributed by atoms with Crippen molar-refractivity contribution in [3.63, 3.8) is 0 Å². The van der Waals surface area contributed by atoms with Crippen LogP contribution in [-0.4, -0.2) is 49.8 Å². The van der Waals surface area contributed by atoms with Crippen molar-refractivity contribution < 1.29 is 19.4 Å². The number of carbonyl (C=O) groups is 2. The highest BCUT2D eigenvalue weighted by Crippen LogP contribution is 2.17. The van der Waals surface area contributed by atoms with Crippen LogP contribution in [-0.2, 0) is 9.53 Å². The Bertz CT molecular complexity index is 472. The summed E-state index contributed by atoms with van der Waals surface area (Å²) in [5.41, 5.74) is 1.30. The molecule has 1 aromatic rings. The molecule has 102 valence electrons. The average molecular weight is 264 g/mol. The normalized spacial score (nSPS) is 18.9. The van der Waals surface area contributed by atoms with Crippen molar-refractivity contribution in [1.29, 1.82) is 0 Å². The van der Waals surface area contributed by atoms with Crippen molar-refractivity contribution in [3.05, 3.63) is 29.8 Å². The number of hydrogen-bond donors (Lipinski definition) is 2. The highest BCUT2D eigenvalue weighted by molar-refractivity contribution is 5.90. The van der Waals surface area contributed by atoms with Crippen LogP contribution in [0.15, 0.2) is 24.3 Å². The molecule has 0 aliphatic carbocycles. The Morgan fingerprint density at radius 1 is 1.47 bits per heavy atom. The highest BCUT2D eigenvalue weighted by Gasteiger charge is 2.24. The van der Waals surface area contributed by atoms with Crippen LogP contribution in [0.4, 0.5) is 5.69 Å². The number of benzene rings is 1. The minimum atomic E-state index is -0.392. The molecule has 1 heterocycles. The lowest BCUT2D eigenvalue weighted by molar-refractivity contribution is -0.121. The van der Waals surface area contributed by atoms with Crippen molar-refractivity contribution in [2.24, 2.45) is 0 Å². The summed E-state index contributed by atoms with van der Waals surface area (Å²) < 4.78 is 4.62. The Hall–Kier alpha value is -2.08. The van der Waals surface area contributed by atoms with E-state index in [1.807, 2.05) is 4.90 Å². The van der Waals surface area contributed by atoms with E-state index in [-0.39, 0.29) is 25.1 Å². The lowest BCUT2D eigenvalue weighted by atomic mass is 10.1. The van der Waals surface area contributed by atoms with Gasteiger partial charge < -0.3 is 20.1 Å². The summed E-state index contributed by atoms with van der Waals surface area (Å²) >= 11 is 0. The summed E-state index contributed by atoms with van der Waals surface area (Å²) in [6.45, 7) is 0.691. The second-order valence-corrected chi connectivity index (χ2v) is 4.37. The summed E-state index contributed by atoms with van der Waals surface area (Å²) in [6.07, 6.45) is 0. The van der Waals surface area contributed by atoms with E-state index in [9.17, 15) is 9.59 Å². The van der Waals surface area contributed by atoms with Crippen LogP contribution in [0.25, 0.3) is 0 Å². The topological polar surface area (TPSA) is 78.9 Å². The molecule has 2 N–H and O–H groups in total. The van der Waals surface area contributed by atoms with Gasteiger partial charge in [0, 0.05) is 12.2 Å². The van der Waals surface area contributed by atoms with Gasteiger partial charge in [-0.15, -0.1) is 0 Å². The first-order valence-electron chi connectivity index (χ1n) is 5.97. The van der Waals surface area contributed by atoms with Gasteiger partial charge in [0.2, 0.25) is 5.91 Å². The zero-order chi connectivity index (χ0) is 13.8. The molecule has 1 aromatic carbocycles. The van der Waals surface area contributed by atoms with Crippen molar-refractivity contribution in [2.45, 2.75) is 6.04 Å². The smallest absolute Gasteiger partial charge is 0.337 e. The molecule has 1 atom stereocenters. The molecule has 0 aromatic heterocycles. The minimum Gasteiger partial charge on any atom is -0.465 e. The van der Waals surface area contributed by atoms with E-state index < -0.39 is 5.97 Å². The Kier molecular flexibility index (Phi) is 4.01. The number of nitrogens with zero attached hydrogens (tertiary/aromatic N) is 1. The molecule has 6 heteroatoms. The number of ether oxygens (including phenoxy) is 1. The molecule has 0 spiro atoms. The van der Waals surface area contributed by atoms with Crippen molar-refractivity contribution >= 4 is 17.6 Å². The number of carbonyl (C=O) groups excluding carboxylic acids is 2. The third kappa shape index (κ3) is 3.03. The van der Waals surface area contributed by atoms with Gasteiger partial charge in [-0.05, 0) is 24.3 Å². The van der Waals surface area contributed by atoms with Crippen LogP contribution in [0.3, 0.4) is 0 Å². The second-order valence-electron chi connectivity index (χ2n) is 4.37. The van der Waals surface area contributed by atoms with Gasteiger partial charge in [-0.1, -0.05) is 0 Å². The van der Waals surface area contributed by atoms with Gasteiger partial charge in [-0.25, -0.2) is 4.79 Å². The molecule has 0 saturated carbocycles. The van der Waals surface area contributed by atoms with E-state index in [4.69, 9.17) is 5.11 Å². The summed E-state index contributed by atoms with van der Waals surface area (Å²) in [5.74, 6) is -0.515. The Morgan fingerprint density at radius 2 is 2.16 bits per heavy atom. The van der Waals surface area contributed by atoms with E-state index in [2.05, 4.69) is 10.1 Å². The molecule has 1 unspecified atom stereocenters. The van der Waals surface area contributed by atoms with Crippen LogP contribution in [0.2, 0.25) is 0 Å². The van der Waals surface area contributed by atoms with Crippen molar-refractivity contribution in [3.8, 4) is 0 Å². The number of anilines is 1. The van der Waals surface area contributed by atoms with E-state index >= 15 is 0 Å². The first kappa shape index (κ1) is 13.4. The standard InChI is InChI=1S/C13H16N2O4/c1-19-13(18)9-2-4-11(5-3-9)15-6-10(8-16)14-12(17)7-15/h2-5,10,16H,6-8H2,1H3,(H,14,17). The van der Waals surface area contributed by atoms with Gasteiger partial charge >= 0.3 is 5.97 Å². The molecule has 19 heavy (non-hydrogen) atoms. The third-order valence-corrected chi connectivity index (χ3v) is 3.01. The number of nitrogens with one attached hydrogen (secondary N) is 1. The monoisotopic (exact) mass is 264 g/mol. The molecule has 2 rings (SSSR count). The SMILES string of the molecule is COC(=O)c1ccc(N2CC(=O)NC(CO)C2)cc1. The average Bonchev–Trinajstić information content (AvgIpc) is 2.46. The largest absolute Gasteiger partial charge is 0.465 e. The number of hydrogen-bond acceptors (Lipinski definition) is 5. The lowest BCUT2D eigenvalue weighted by Crippen LogP contribution is -2.55. The zero-order valence-corrected chi connectivity index (χ0v) is 10.6. The van der Waals surface area contributed by atoms with Gasteiger partial charge in [-0.2, -0.15) is 0 Å². The molecule has 0 bridgehead atoms. The second kappa shape index (κ2) is 5.71. The fourth-order valence-electron chi connectivity index (χ4n) is 2.05. The van der Waals surface area contributed by atoms with Gasteiger partial charge in [0.25, 0.3) is 0 Å². The Labute approximate surface area is 111 Å². The molecular weight excluding hydrogens is 248 g/mol. The first-order chi connectivity index (χ1) is 9.13. The quantitative estimate of drug-likeness (QED) is 0.737. The van der Waals surface area contributed by atoms with Gasteiger partial charge in [0.15, 0.2) is 0 Å². The lowest BCUT2D eigenvalue weighted by Gasteiger charge is -2.33. The molecule has 1 aliphatic rings. The molecular formula is C13H16N2O4. The number of methoxy groups -OCH3 is 1. The fourth-order valence-corrected chi connectivity index (χ4v) is 2.05. The summed E-state index contributed by atoms with van der Waals surface area (Å²) in [6, 6.07) is 6.57. The summed E-state index contributed by atoms with van der Waals surface area (Å²) in [4.78, 5) is 24.7. The maximum atomic E-state index is 11.5. The maximum Gasteiger partial charge on any atom is 0.337 e. The highest BCUT2D eigenvalue weighted by atomic mass is 16.5. The molecule has 1 aliphatic heterocycles. The number of amides is 1. The first-order valence-corrected chi connectivity index (χ1v) is 5.97. The summed E-state index contributed by atoms with van der Waals surface area (Å²) in [5, 5.41) is 11.8. The van der Waals surface area contributed by atoms with Crippen molar-refractivity contribution in [2.75, 3.05) is 31.7 Å². The van der Waals surface area contributed by atoms with E-state index in [0.717, 1.165) is 5.69 Å². The molecule has 0 radical (unpaired) electrons. The maximum absolute atomic E-state index is 11.5. The number of aliphatic hydroxyl groups excluding tert-OH is 1. The van der Waals surface area contributed by atoms with E-state index in [0.29, 0.717) is 12.1 Å². The number of rotatable bonds is 3. The van der Waals surface area contributed by atoms with Crippen LogP contribution >= 0.6 is 0 Å². The predicted octanol–water partition coefficient (Wildman–Crippen LogP) is -0.230. The van der Waals surface area contributed by atoms with Crippen LogP contribution in [0.1, 0.15) is 10.4 Å². The summed E-state index contributed by atoms with van der Waals surface area (Å²) in [7, 11) is 1.33. The van der Waals surface area contributed by atoms with Gasteiger partial charge in [0.05, 0.1) is 31.9 Å². The molecule has 1 saturated heterocycles. The predicted molar refractivity (Wildman–Crippen MR) is 69.0 cm³/mol. The zero-order valence-electron chi connectivity index (χ0n) is 10.6. The molecule has 1 fully saturated rings. The van der Waals surface area contributed by atoms with E-state index in [1.165, 1.54) is 7.11 Å². The van der Waals surface area contributed by atoms with Crippen LogP contribution in [0, 0.1) is 0 Å².